The highest BCUT2D eigenvalue weighted by molar-refractivity contribution is 6.45. The van der Waals surface area contributed by atoms with E-state index in [2.05, 4.69) is 70.2 Å². The predicted molar refractivity (Wildman–Crippen MR) is 83.7 cm³/mol. The third-order valence-electron chi connectivity index (χ3n) is 4.57. The molecule has 1 saturated heterocycles. The first-order valence-corrected chi connectivity index (χ1v) is 7.21. The van der Waals surface area contributed by atoms with Gasteiger partial charge in [0.1, 0.15) is 0 Å². The maximum absolute atomic E-state index is 6.09. The van der Waals surface area contributed by atoms with Crippen LogP contribution in [0.15, 0.2) is 42.5 Å². The SMILES string of the molecule is CC1(C)OB(Cc2cccc3ccccc23)OC1(C)C. The van der Waals surface area contributed by atoms with Gasteiger partial charge < -0.3 is 9.31 Å². The summed E-state index contributed by atoms with van der Waals surface area (Å²) < 4.78 is 12.2. The quantitative estimate of drug-likeness (QED) is 0.766. The molecule has 2 aromatic carbocycles. The molecule has 2 aromatic rings. The molecule has 0 amide bonds. The van der Waals surface area contributed by atoms with Gasteiger partial charge in [0.2, 0.25) is 0 Å². The molecule has 0 unspecified atom stereocenters. The molecule has 0 aromatic heterocycles. The fourth-order valence-corrected chi connectivity index (χ4v) is 2.70. The van der Waals surface area contributed by atoms with Crippen molar-refractivity contribution < 1.29 is 9.31 Å². The van der Waals surface area contributed by atoms with Crippen LogP contribution in [0.2, 0.25) is 0 Å². The molecule has 1 fully saturated rings. The zero-order valence-electron chi connectivity index (χ0n) is 12.6. The van der Waals surface area contributed by atoms with E-state index in [9.17, 15) is 0 Å². The van der Waals surface area contributed by atoms with Crippen molar-refractivity contribution in [3.8, 4) is 0 Å². The zero-order chi connectivity index (χ0) is 14.4. The van der Waals surface area contributed by atoms with Crippen LogP contribution >= 0.6 is 0 Å². The van der Waals surface area contributed by atoms with Crippen molar-refractivity contribution in [2.45, 2.75) is 45.2 Å². The summed E-state index contributed by atoms with van der Waals surface area (Å²) in [6.45, 7) is 8.37. The van der Waals surface area contributed by atoms with Crippen LogP contribution < -0.4 is 0 Å². The number of rotatable bonds is 2. The van der Waals surface area contributed by atoms with Crippen molar-refractivity contribution in [2.24, 2.45) is 0 Å². The van der Waals surface area contributed by atoms with Gasteiger partial charge in [-0.1, -0.05) is 42.5 Å². The molecule has 1 aliphatic heterocycles. The van der Waals surface area contributed by atoms with E-state index in [4.69, 9.17) is 9.31 Å². The lowest BCUT2D eigenvalue weighted by Gasteiger charge is -2.32. The van der Waals surface area contributed by atoms with Gasteiger partial charge in [-0.15, -0.1) is 0 Å². The average Bonchev–Trinajstić information content (AvgIpc) is 2.58. The van der Waals surface area contributed by atoms with Gasteiger partial charge in [0.15, 0.2) is 0 Å². The number of fused-ring (bicyclic) bond motifs is 1. The normalized spacial score (nSPS) is 20.5. The summed E-state index contributed by atoms with van der Waals surface area (Å²) in [6, 6.07) is 14.9. The van der Waals surface area contributed by atoms with Crippen molar-refractivity contribution in [3.05, 3.63) is 48.0 Å². The summed E-state index contributed by atoms with van der Waals surface area (Å²) in [4.78, 5) is 0. The fourth-order valence-electron chi connectivity index (χ4n) is 2.70. The minimum Gasteiger partial charge on any atom is -0.403 e. The third kappa shape index (κ3) is 2.25. The van der Waals surface area contributed by atoms with Gasteiger partial charge in [0, 0.05) is 6.32 Å². The van der Waals surface area contributed by atoms with Crippen LogP contribution in [-0.4, -0.2) is 18.3 Å². The first kappa shape index (κ1) is 13.7. The highest BCUT2D eigenvalue weighted by atomic mass is 16.7. The van der Waals surface area contributed by atoms with E-state index >= 15 is 0 Å². The minimum absolute atomic E-state index is 0.175. The second-order valence-corrected chi connectivity index (χ2v) is 6.53. The first-order chi connectivity index (χ1) is 9.39. The van der Waals surface area contributed by atoms with E-state index in [0.717, 1.165) is 6.32 Å². The van der Waals surface area contributed by atoms with Crippen LogP contribution in [-0.2, 0) is 15.6 Å². The number of hydrogen-bond donors (Lipinski definition) is 0. The monoisotopic (exact) mass is 268 g/mol. The second kappa shape index (κ2) is 4.61. The van der Waals surface area contributed by atoms with Crippen molar-refractivity contribution in [1.29, 1.82) is 0 Å². The molecule has 0 N–H and O–H groups in total. The lowest BCUT2D eigenvalue weighted by Crippen LogP contribution is -2.41. The molecule has 20 heavy (non-hydrogen) atoms. The van der Waals surface area contributed by atoms with Crippen molar-refractivity contribution >= 4 is 17.9 Å². The van der Waals surface area contributed by atoms with E-state index in [1.54, 1.807) is 0 Å². The lowest BCUT2D eigenvalue weighted by atomic mass is 9.79. The van der Waals surface area contributed by atoms with Crippen LogP contribution in [0.4, 0.5) is 0 Å². The Morgan fingerprint density at radius 2 is 1.45 bits per heavy atom. The molecule has 1 heterocycles. The molecule has 1 aliphatic rings. The highest BCUT2D eigenvalue weighted by Crippen LogP contribution is 2.37. The smallest absolute Gasteiger partial charge is 0.403 e. The summed E-state index contributed by atoms with van der Waals surface area (Å²) in [5.74, 6) is 0. The number of hydrogen-bond acceptors (Lipinski definition) is 2. The fraction of sp³-hybridized carbons (Fsp3) is 0.412. The van der Waals surface area contributed by atoms with Crippen LogP contribution in [0.3, 0.4) is 0 Å². The average molecular weight is 268 g/mol. The third-order valence-corrected chi connectivity index (χ3v) is 4.57. The topological polar surface area (TPSA) is 18.5 Å². The molecule has 3 rings (SSSR count). The molecule has 0 aliphatic carbocycles. The Hall–Kier alpha value is -1.32. The second-order valence-electron chi connectivity index (χ2n) is 6.53. The maximum atomic E-state index is 6.09. The van der Waals surface area contributed by atoms with E-state index in [1.807, 2.05) is 0 Å². The lowest BCUT2D eigenvalue weighted by molar-refractivity contribution is 0.00578. The summed E-state index contributed by atoms with van der Waals surface area (Å²) in [5.41, 5.74) is 0.756. The summed E-state index contributed by atoms with van der Waals surface area (Å²) >= 11 is 0. The Balaban J connectivity index is 1.88. The van der Waals surface area contributed by atoms with Crippen molar-refractivity contribution in [2.75, 3.05) is 0 Å². The predicted octanol–water partition coefficient (Wildman–Crippen LogP) is 4.01. The molecule has 0 spiro atoms. The summed E-state index contributed by atoms with van der Waals surface area (Å²) in [6.07, 6.45) is 0.786. The Bertz CT molecular complexity index is 612. The van der Waals surface area contributed by atoms with Gasteiger partial charge in [0.25, 0.3) is 0 Å². The summed E-state index contributed by atoms with van der Waals surface area (Å²) in [5, 5.41) is 2.55. The van der Waals surface area contributed by atoms with Gasteiger partial charge in [-0.05, 0) is 44.0 Å². The van der Waals surface area contributed by atoms with Crippen LogP contribution in [0.1, 0.15) is 33.3 Å². The van der Waals surface area contributed by atoms with Gasteiger partial charge >= 0.3 is 7.12 Å². The van der Waals surface area contributed by atoms with Crippen molar-refractivity contribution in [1.82, 2.24) is 0 Å². The molecule has 0 bridgehead atoms. The van der Waals surface area contributed by atoms with Crippen LogP contribution in [0.5, 0.6) is 0 Å². The Kier molecular flexibility index (Phi) is 3.15. The van der Waals surface area contributed by atoms with Crippen molar-refractivity contribution in [3.63, 3.8) is 0 Å². The van der Waals surface area contributed by atoms with Gasteiger partial charge in [0.05, 0.1) is 11.2 Å². The Morgan fingerprint density at radius 3 is 2.15 bits per heavy atom. The van der Waals surface area contributed by atoms with Gasteiger partial charge in [-0.25, -0.2) is 0 Å². The van der Waals surface area contributed by atoms with Crippen LogP contribution in [0, 0.1) is 0 Å². The molecule has 0 atom stereocenters. The molecular formula is C17H21BO2. The van der Waals surface area contributed by atoms with E-state index < -0.39 is 0 Å². The molecule has 2 nitrogen and oxygen atoms in total. The van der Waals surface area contributed by atoms with Gasteiger partial charge in [-0.3, -0.25) is 0 Å². The maximum Gasteiger partial charge on any atom is 0.462 e. The van der Waals surface area contributed by atoms with Gasteiger partial charge in [-0.2, -0.15) is 0 Å². The largest absolute Gasteiger partial charge is 0.462 e. The Labute approximate surface area is 121 Å². The van der Waals surface area contributed by atoms with E-state index in [0.29, 0.717) is 0 Å². The summed E-state index contributed by atoms with van der Waals surface area (Å²) in [7, 11) is -0.175. The van der Waals surface area contributed by atoms with E-state index in [-0.39, 0.29) is 18.3 Å². The highest BCUT2D eigenvalue weighted by Gasteiger charge is 2.50. The van der Waals surface area contributed by atoms with E-state index in [1.165, 1.54) is 16.3 Å². The first-order valence-electron chi connectivity index (χ1n) is 7.21. The number of benzene rings is 2. The minimum atomic E-state index is -0.262. The Morgan fingerprint density at radius 1 is 0.850 bits per heavy atom. The van der Waals surface area contributed by atoms with Crippen LogP contribution in [0.25, 0.3) is 10.8 Å². The standard InChI is InChI=1S/C17H21BO2/c1-16(2)17(3,4)20-18(19-16)12-14-10-7-9-13-8-5-6-11-15(13)14/h5-11H,12H2,1-4H3. The molecular weight excluding hydrogens is 247 g/mol. The molecule has 0 radical (unpaired) electrons. The zero-order valence-corrected chi connectivity index (χ0v) is 12.6. The molecule has 104 valence electrons. The molecule has 3 heteroatoms. The molecule has 0 saturated carbocycles.